The largest absolute Gasteiger partial charge is 0.494 e. The van der Waals surface area contributed by atoms with Crippen LogP contribution in [0.5, 0.6) is 5.75 Å². The van der Waals surface area contributed by atoms with Gasteiger partial charge >= 0.3 is 5.97 Å². The van der Waals surface area contributed by atoms with E-state index in [4.69, 9.17) is 20.9 Å². The summed E-state index contributed by atoms with van der Waals surface area (Å²) in [5.41, 5.74) is 11.3. The molecule has 4 N–H and O–H groups in total. The molecule has 0 radical (unpaired) electrons. The first-order valence-electron chi connectivity index (χ1n) is 6.74. The first-order chi connectivity index (χ1) is 10.6. The molecule has 8 nitrogen and oxygen atoms in total. The van der Waals surface area contributed by atoms with Crippen molar-refractivity contribution < 1.29 is 14.3 Å². The smallest absolute Gasteiger partial charge is 0.338 e. The summed E-state index contributed by atoms with van der Waals surface area (Å²) in [4.78, 5) is 23.2. The molecule has 1 aromatic heterocycles. The number of esters is 1. The van der Waals surface area contributed by atoms with Crippen LogP contribution in [0.3, 0.4) is 0 Å². The van der Waals surface area contributed by atoms with Crippen LogP contribution in [0.1, 0.15) is 29.5 Å². The van der Waals surface area contributed by atoms with Crippen molar-refractivity contribution in [2.24, 2.45) is 0 Å². The lowest BCUT2D eigenvalue weighted by Crippen LogP contribution is -2.11. The maximum atomic E-state index is 11.9. The summed E-state index contributed by atoms with van der Waals surface area (Å²) in [6.45, 7) is 2.52. The Balaban J connectivity index is 1.94. The number of hydrogen-bond donors (Lipinski definition) is 2. The highest BCUT2D eigenvalue weighted by Crippen LogP contribution is 2.13. The van der Waals surface area contributed by atoms with E-state index in [1.54, 1.807) is 24.3 Å². The Bertz CT molecular complexity index is 625. The summed E-state index contributed by atoms with van der Waals surface area (Å²) in [5, 5.41) is 0. The maximum Gasteiger partial charge on any atom is 0.338 e. The molecule has 22 heavy (non-hydrogen) atoms. The Morgan fingerprint density at radius 2 is 1.73 bits per heavy atom. The van der Waals surface area contributed by atoms with Gasteiger partial charge in [0, 0.05) is 0 Å². The van der Waals surface area contributed by atoms with E-state index in [1.807, 2.05) is 6.92 Å². The van der Waals surface area contributed by atoms with Gasteiger partial charge in [0.05, 0.1) is 12.2 Å². The molecule has 2 aromatic rings. The number of nitrogens with zero attached hydrogens (tertiary/aromatic N) is 3. The zero-order valence-electron chi connectivity index (χ0n) is 12.2. The number of anilines is 2. The summed E-state index contributed by atoms with van der Waals surface area (Å²) < 4.78 is 10.5. The zero-order chi connectivity index (χ0) is 15.9. The van der Waals surface area contributed by atoms with E-state index in [1.165, 1.54) is 0 Å². The predicted molar refractivity (Wildman–Crippen MR) is 80.0 cm³/mol. The highest BCUT2D eigenvalue weighted by molar-refractivity contribution is 5.89. The van der Waals surface area contributed by atoms with Gasteiger partial charge < -0.3 is 20.9 Å². The van der Waals surface area contributed by atoms with Crippen LogP contribution in [0.25, 0.3) is 0 Å². The van der Waals surface area contributed by atoms with Gasteiger partial charge in [-0.3, -0.25) is 0 Å². The summed E-state index contributed by atoms with van der Waals surface area (Å²) in [7, 11) is 0. The predicted octanol–water partition coefficient (Wildman–Crippen LogP) is 1.18. The second-order valence-corrected chi connectivity index (χ2v) is 4.42. The van der Waals surface area contributed by atoms with Gasteiger partial charge in [0.25, 0.3) is 0 Å². The number of hydrogen-bond acceptors (Lipinski definition) is 8. The van der Waals surface area contributed by atoms with Crippen LogP contribution in [-0.2, 0) is 11.3 Å². The highest BCUT2D eigenvalue weighted by atomic mass is 16.5. The molecule has 0 fully saturated rings. The van der Waals surface area contributed by atoms with Gasteiger partial charge in [0.1, 0.15) is 5.75 Å². The summed E-state index contributed by atoms with van der Waals surface area (Å²) in [5.74, 6) is 0.365. The molecular formula is C14H17N5O3. The summed E-state index contributed by atoms with van der Waals surface area (Å²) >= 11 is 0. The minimum Gasteiger partial charge on any atom is -0.494 e. The molecule has 0 bridgehead atoms. The molecule has 0 atom stereocenters. The lowest BCUT2D eigenvalue weighted by molar-refractivity contribution is 0.0462. The molecule has 0 saturated heterocycles. The van der Waals surface area contributed by atoms with E-state index in [9.17, 15) is 4.79 Å². The molecule has 0 spiro atoms. The number of aromatic nitrogens is 3. The molecule has 2 rings (SSSR count). The Morgan fingerprint density at radius 1 is 1.09 bits per heavy atom. The fraction of sp³-hybridized carbons (Fsp3) is 0.286. The molecule has 0 unspecified atom stereocenters. The lowest BCUT2D eigenvalue weighted by Gasteiger charge is -2.07. The fourth-order valence-electron chi connectivity index (χ4n) is 1.64. The molecule has 8 heteroatoms. The normalized spacial score (nSPS) is 10.2. The highest BCUT2D eigenvalue weighted by Gasteiger charge is 2.10. The third-order valence-electron chi connectivity index (χ3n) is 2.61. The van der Waals surface area contributed by atoms with Gasteiger partial charge in [-0.1, -0.05) is 6.92 Å². The quantitative estimate of drug-likeness (QED) is 0.762. The van der Waals surface area contributed by atoms with Crippen molar-refractivity contribution in [1.29, 1.82) is 0 Å². The van der Waals surface area contributed by atoms with Gasteiger partial charge in [0.15, 0.2) is 12.4 Å². The molecular weight excluding hydrogens is 286 g/mol. The molecule has 0 saturated carbocycles. The molecule has 116 valence electrons. The standard InChI is InChI=1S/C14H17N5O3/c1-2-7-21-10-5-3-9(4-6-10)12(20)22-8-11-17-13(15)19-14(16)18-11/h3-6H,2,7-8H2,1H3,(H4,15,16,17,18,19). The first kappa shape index (κ1) is 15.5. The van der Waals surface area contributed by atoms with Crippen LogP contribution in [0.2, 0.25) is 0 Å². The van der Waals surface area contributed by atoms with Crippen LogP contribution < -0.4 is 16.2 Å². The summed E-state index contributed by atoms with van der Waals surface area (Å²) in [6.07, 6.45) is 0.919. The minimum atomic E-state index is -0.500. The minimum absolute atomic E-state index is 0.0176. The van der Waals surface area contributed by atoms with E-state index in [0.29, 0.717) is 17.9 Å². The molecule has 0 aliphatic heterocycles. The SMILES string of the molecule is CCCOc1ccc(C(=O)OCc2nc(N)nc(N)n2)cc1. The number of carbonyl (C=O) groups is 1. The average molecular weight is 303 g/mol. The monoisotopic (exact) mass is 303 g/mol. The van der Waals surface area contributed by atoms with Crippen molar-refractivity contribution >= 4 is 17.9 Å². The van der Waals surface area contributed by atoms with E-state index in [2.05, 4.69) is 15.0 Å². The lowest BCUT2D eigenvalue weighted by atomic mass is 10.2. The Kier molecular flexibility index (Phi) is 5.07. The molecule has 0 amide bonds. The van der Waals surface area contributed by atoms with Gasteiger partial charge in [-0.2, -0.15) is 15.0 Å². The van der Waals surface area contributed by atoms with Crippen molar-refractivity contribution in [1.82, 2.24) is 15.0 Å². The Hall–Kier alpha value is -2.90. The van der Waals surface area contributed by atoms with Crippen molar-refractivity contribution in [2.45, 2.75) is 20.0 Å². The van der Waals surface area contributed by atoms with Crippen LogP contribution in [0.15, 0.2) is 24.3 Å². The van der Waals surface area contributed by atoms with Gasteiger partial charge in [-0.25, -0.2) is 4.79 Å². The van der Waals surface area contributed by atoms with Gasteiger partial charge in [0.2, 0.25) is 11.9 Å². The Morgan fingerprint density at radius 3 is 2.32 bits per heavy atom. The zero-order valence-corrected chi connectivity index (χ0v) is 12.2. The number of ether oxygens (including phenoxy) is 2. The van der Waals surface area contributed by atoms with E-state index < -0.39 is 5.97 Å². The maximum absolute atomic E-state index is 11.9. The van der Waals surface area contributed by atoms with Crippen molar-refractivity contribution in [2.75, 3.05) is 18.1 Å². The van der Waals surface area contributed by atoms with Crippen LogP contribution in [0.4, 0.5) is 11.9 Å². The van der Waals surface area contributed by atoms with Crippen molar-refractivity contribution in [3.8, 4) is 5.75 Å². The first-order valence-corrected chi connectivity index (χ1v) is 6.74. The van der Waals surface area contributed by atoms with Crippen LogP contribution in [-0.4, -0.2) is 27.5 Å². The van der Waals surface area contributed by atoms with Crippen molar-refractivity contribution in [3.63, 3.8) is 0 Å². The average Bonchev–Trinajstić information content (AvgIpc) is 2.50. The Labute approximate surface area is 127 Å². The summed E-state index contributed by atoms with van der Waals surface area (Å²) in [6, 6.07) is 6.68. The second kappa shape index (κ2) is 7.21. The molecule has 1 aromatic carbocycles. The molecule has 0 aliphatic rings. The van der Waals surface area contributed by atoms with Crippen LogP contribution in [0, 0.1) is 0 Å². The van der Waals surface area contributed by atoms with Gasteiger partial charge in [-0.05, 0) is 30.7 Å². The number of nitrogen functional groups attached to an aromatic ring is 2. The number of benzene rings is 1. The van der Waals surface area contributed by atoms with E-state index in [-0.39, 0.29) is 24.3 Å². The number of nitrogens with two attached hydrogens (primary N) is 2. The second-order valence-electron chi connectivity index (χ2n) is 4.42. The third-order valence-corrected chi connectivity index (χ3v) is 2.61. The third kappa shape index (κ3) is 4.30. The van der Waals surface area contributed by atoms with E-state index in [0.717, 1.165) is 6.42 Å². The van der Waals surface area contributed by atoms with Gasteiger partial charge in [-0.15, -0.1) is 0 Å². The van der Waals surface area contributed by atoms with Crippen molar-refractivity contribution in [3.05, 3.63) is 35.7 Å². The number of carbonyl (C=O) groups excluding carboxylic acids is 1. The van der Waals surface area contributed by atoms with E-state index >= 15 is 0 Å². The number of rotatable bonds is 6. The topological polar surface area (TPSA) is 126 Å². The molecule has 1 heterocycles. The fourth-order valence-corrected chi connectivity index (χ4v) is 1.64. The van der Waals surface area contributed by atoms with Crippen LogP contribution >= 0.6 is 0 Å². The molecule has 0 aliphatic carbocycles.